The quantitative estimate of drug-likeness (QED) is 0.347. The molecular weight excluding hydrogens is 306 g/mol. The molecule has 0 saturated carbocycles. The van der Waals surface area contributed by atoms with Crippen molar-refractivity contribution in [2.45, 2.75) is 53.1 Å². The van der Waals surface area contributed by atoms with E-state index >= 15 is 0 Å². The van der Waals surface area contributed by atoms with Crippen molar-refractivity contribution in [1.29, 1.82) is 0 Å². The molecule has 1 heterocycles. The van der Waals surface area contributed by atoms with Gasteiger partial charge in [-0.05, 0) is 40.2 Å². The number of ether oxygens (including phenoxy) is 1. The Bertz CT molecular complexity index is 510. The highest BCUT2D eigenvalue weighted by atomic mass is 16.5. The number of hydrogen-bond donors (Lipinski definition) is 3. The average molecular weight is 339 g/mol. The number of unbranched alkanes of at least 4 members (excludes halogenated alkanes) is 1. The molecule has 0 aliphatic rings. The van der Waals surface area contributed by atoms with Crippen LogP contribution in [0.2, 0.25) is 0 Å². The largest absolute Gasteiger partial charge is 0.466 e. The lowest BCUT2D eigenvalue weighted by atomic mass is 9.96. The Labute approximate surface area is 145 Å². The monoisotopic (exact) mass is 339 g/mol. The molecule has 1 unspecified atom stereocenters. The van der Waals surface area contributed by atoms with Gasteiger partial charge < -0.3 is 24.9 Å². The van der Waals surface area contributed by atoms with Crippen molar-refractivity contribution >= 4 is 5.96 Å². The van der Waals surface area contributed by atoms with Gasteiger partial charge in [0.05, 0.1) is 13.2 Å². The first-order valence-corrected chi connectivity index (χ1v) is 8.80. The van der Waals surface area contributed by atoms with E-state index in [0.29, 0.717) is 19.1 Å². The molecule has 0 amide bonds. The van der Waals surface area contributed by atoms with Crippen molar-refractivity contribution in [3.63, 3.8) is 0 Å². The average Bonchev–Trinajstić information content (AvgIpc) is 2.87. The summed E-state index contributed by atoms with van der Waals surface area (Å²) in [6, 6.07) is 1.87. The highest BCUT2D eigenvalue weighted by Gasteiger charge is 2.27. The Balaban J connectivity index is 2.56. The summed E-state index contributed by atoms with van der Waals surface area (Å²) in [5.41, 5.74) is -0.288. The molecule has 1 aromatic rings. The third-order valence-electron chi connectivity index (χ3n) is 3.69. The lowest BCUT2D eigenvalue weighted by Crippen LogP contribution is -2.40. The maximum absolute atomic E-state index is 10.7. The minimum Gasteiger partial charge on any atom is -0.466 e. The predicted molar refractivity (Wildman–Crippen MR) is 97.5 cm³/mol. The predicted octanol–water partition coefficient (Wildman–Crippen LogP) is 2.48. The first-order valence-electron chi connectivity index (χ1n) is 8.80. The number of aliphatic imine (C=N–C) groups is 1. The Morgan fingerprint density at radius 1 is 1.29 bits per heavy atom. The van der Waals surface area contributed by atoms with Gasteiger partial charge in [-0.2, -0.15) is 0 Å². The topological polar surface area (TPSA) is 79.0 Å². The number of guanidine groups is 1. The van der Waals surface area contributed by atoms with Crippen molar-refractivity contribution in [3.05, 3.63) is 23.2 Å². The highest BCUT2D eigenvalue weighted by molar-refractivity contribution is 5.79. The molecule has 1 aromatic heterocycles. The standard InChI is InChI=1S/C18H33N3O3/c1-6-8-10-23-11-9-20-17(19-7-2)21-13-18(5,22)16-12-14(3)24-15(16)4/h12,22H,6-11,13H2,1-5H3,(H2,19,20,21). The number of hydrogen-bond acceptors (Lipinski definition) is 4. The molecule has 0 saturated heterocycles. The zero-order valence-corrected chi connectivity index (χ0v) is 15.7. The van der Waals surface area contributed by atoms with Crippen LogP contribution in [0.3, 0.4) is 0 Å². The fourth-order valence-electron chi connectivity index (χ4n) is 2.42. The van der Waals surface area contributed by atoms with Crippen LogP contribution in [0.4, 0.5) is 0 Å². The van der Waals surface area contributed by atoms with Crippen LogP contribution < -0.4 is 10.6 Å². The van der Waals surface area contributed by atoms with Gasteiger partial charge in [-0.1, -0.05) is 13.3 Å². The third kappa shape index (κ3) is 6.93. The first-order chi connectivity index (χ1) is 11.4. The number of aryl methyl sites for hydroxylation is 2. The van der Waals surface area contributed by atoms with Gasteiger partial charge in [0.1, 0.15) is 17.1 Å². The maximum Gasteiger partial charge on any atom is 0.191 e. The second-order valence-electron chi connectivity index (χ2n) is 6.19. The van der Waals surface area contributed by atoms with E-state index in [1.807, 2.05) is 26.8 Å². The van der Waals surface area contributed by atoms with Gasteiger partial charge in [-0.25, -0.2) is 4.99 Å². The van der Waals surface area contributed by atoms with Crippen molar-refractivity contribution < 1.29 is 14.3 Å². The normalized spacial score (nSPS) is 14.5. The fourth-order valence-corrected chi connectivity index (χ4v) is 2.42. The molecule has 0 aromatic carbocycles. The van der Waals surface area contributed by atoms with E-state index in [4.69, 9.17) is 9.15 Å². The molecule has 6 nitrogen and oxygen atoms in total. The van der Waals surface area contributed by atoms with Gasteiger partial charge in [0.25, 0.3) is 0 Å². The van der Waals surface area contributed by atoms with E-state index in [1.54, 1.807) is 6.92 Å². The lowest BCUT2D eigenvalue weighted by molar-refractivity contribution is 0.0656. The number of furan rings is 1. The molecule has 0 aliphatic carbocycles. The molecule has 1 rings (SSSR count). The smallest absolute Gasteiger partial charge is 0.191 e. The Morgan fingerprint density at radius 3 is 2.62 bits per heavy atom. The van der Waals surface area contributed by atoms with Gasteiger partial charge in [0, 0.05) is 25.3 Å². The Hall–Kier alpha value is -1.53. The molecule has 0 spiro atoms. The van der Waals surface area contributed by atoms with Crippen molar-refractivity contribution in [3.8, 4) is 0 Å². The third-order valence-corrected chi connectivity index (χ3v) is 3.69. The second-order valence-corrected chi connectivity index (χ2v) is 6.19. The zero-order chi connectivity index (χ0) is 18.0. The van der Waals surface area contributed by atoms with E-state index in [0.717, 1.165) is 43.1 Å². The van der Waals surface area contributed by atoms with Crippen LogP contribution in [-0.4, -0.2) is 43.9 Å². The van der Waals surface area contributed by atoms with Crippen LogP contribution >= 0.6 is 0 Å². The molecule has 0 radical (unpaired) electrons. The molecule has 0 fully saturated rings. The minimum absolute atomic E-state index is 0.249. The van der Waals surface area contributed by atoms with Crippen molar-refractivity contribution in [2.75, 3.05) is 32.8 Å². The van der Waals surface area contributed by atoms with Crippen LogP contribution in [0, 0.1) is 13.8 Å². The minimum atomic E-state index is -1.07. The molecule has 138 valence electrons. The van der Waals surface area contributed by atoms with E-state index in [1.165, 1.54) is 0 Å². The van der Waals surface area contributed by atoms with Crippen LogP contribution in [0.1, 0.15) is 50.7 Å². The lowest BCUT2D eigenvalue weighted by Gasteiger charge is -2.21. The van der Waals surface area contributed by atoms with Crippen LogP contribution in [0.25, 0.3) is 0 Å². The summed E-state index contributed by atoms with van der Waals surface area (Å²) < 4.78 is 11.0. The van der Waals surface area contributed by atoms with E-state index in [2.05, 4.69) is 22.5 Å². The van der Waals surface area contributed by atoms with Gasteiger partial charge >= 0.3 is 0 Å². The second kappa shape index (κ2) is 10.4. The number of nitrogens with one attached hydrogen (secondary N) is 2. The van der Waals surface area contributed by atoms with Gasteiger partial charge in [-0.3, -0.25) is 0 Å². The highest BCUT2D eigenvalue weighted by Crippen LogP contribution is 2.27. The molecule has 3 N–H and O–H groups in total. The fraction of sp³-hybridized carbons (Fsp3) is 0.722. The number of aliphatic hydroxyl groups is 1. The van der Waals surface area contributed by atoms with Crippen molar-refractivity contribution in [2.24, 2.45) is 4.99 Å². The Morgan fingerprint density at radius 2 is 2.04 bits per heavy atom. The maximum atomic E-state index is 10.7. The molecule has 0 aliphatic heterocycles. The molecule has 1 atom stereocenters. The van der Waals surface area contributed by atoms with Crippen LogP contribution in [0.15, 0.2) is 15.5 Å². The SMILES string of the molecule is CCCCOCCNC(=NCC(C)(O)c1cc(C)oc1C)NCC. The first kappa shape index (κ1) is 20.5. The van der Waals surface area contributed by atoms with E-state index in [9.17, 15) is 5.11 Å². The molecule has 6 heteroatoms. The molecule has 0 bridgehead atoms. The summed E-state index contributed by atoms with van der Waals surface area (Å²) >= 11 is 0. The van der Waals surface area contributed by atoms with E-state index in [-0.39, 0.29) is 6.54 Å². The summed E-state index contributed by atoms with van der Waals surface area (Å²) in [4.78, 5) is 4.49. The van der Waals surface area contributed by atoms with E-state index < -0.39 is 5.60 Å². The van der Waals surface area contributed by atoms with Gasteiger partial charge in [-0.15, -0.1) is 0 Å². The number of nitrogens with zero attached hydrogens (tertiary/aromatic N) is 1. The summed E-state index contributed by atoms with van der Waals surface area (Å²) in [5, 5.41) is 17.1. The molecule has 24 heavy (non-hydrogen) atoms. The summed E-state index contributed by atoms with van der Waals surface area (Å²) in [5.74, 6) is 2.20. The number of rotatable bonds is 10. The van der Waals surface area contributed by atoms with Crippen molar-refractivity contribution in [1.82, 2.24) is 10.6 Å². The zero-order valence-electron chi connectivity index (χ0n) is 15.7. The molecular formula is C18H33N3O3. The van der Waals surface area contributed by atoms with Gasteiger partial charge in [0.15, 0.2) is 5.96 Å². The van der Waals surface area contributed by atoms with Crippen LogP contribution in [0.5, 0.6) is 0 Å². The summed E-state index contributed by atoms with van der Waals surface area (Å²) in [6.45, 7) is 12.8. The summed E-state index contributed by atoms with van der Waals surface area (Å²) in [7, 11) is 0. The van der Waals surface area contributed by atoms with Crippen LogP contribution in [-0.2, 0) is 10.3 Å². The Kier molecular flexibility index (Phi) is 8.85. The van der Waals surface area contributed by atoms with Gasteiger partial charge in [0.2, 0.25) is 0 Å². The summed E-state index contributed by atoms with van der Waals surface area (Å²) in [6.07, 6.45) is 2.22.